The summed E-state index contributed by atoms with van der Waals surface area (Å²) in [5.74, 6) is 0. The topological polar surface area (TPSA) is 0 Å². The van der Waals surface area contributed by atoms with E-state index < -0.39 is 0 Å². The zero-order chi connectivity index (χ0) is 10.5. The standard InChI is InChI=1S/C16H12/c1-2-6-14-12(4-1)10-16-13-7-3-5-11(13)8-9-15(14)16/h1-4,6-9H,5,10H2. The van der Waals surface area contributed by atoms with Gasteiger partial charge in [0.2, 0.25) is 0 Å². The molecule has 4 rings (SSSR count). The van der Waals surface area contributed by atoms with Gasteiger partial charge < -0.3 is 0 Å². The number of hydrogen-bond acceptors (Lipinski definition) is 0. The lowest BCUT2D eigenvalue weighted by Gasteiger charge is -2.06. The van der Waals surface area contributed by atoms with Crippen LogP contribution in [0.25, 0.3) is 17.2 Å². The van der Waals surface area contributed by atoms with Gasteiger partial charge in [-0.2, -0.15) is 0 Å². The van der Waals surface area contributed by atoms with Crippen molar-refractivity contribution >= 4 is 6.08 Å². The van der Waals surface area contributed by atoms with Gasteiger partial charge in [0.1, 0.15) is 0 Å². The van der Waals surface area contributed by atoms with Crippen LogP contribution in [0.15, 0.2) is 42.5 Å². The zero-order valence-corrected chi connectivity index (χ0v) is 9.03. The van der Waals surface area contributed by atoms with Crippen molar-refractivity contribution in [2.75, 3.05) is 0 Å². The SMILES string of the molecule is C1=Cc2c(ccc3c2Cc2ccccc2-3)C1. The molecule has 0 unspecified atom stereocenters. The molecule has 2 aliphatic carbocycles. The maximum absolute atomic E-state index is 2.30. The first-order valence-electron chi connectivity index (χ1n) is 5.83. The first-order valence-corrected chi connectivity index (χ1v) is 5.83. The highest BCUT2D eigenvalue weighted by atomic mass is 14.3. The van der Waals surface area contributed by atoms with Crippen molar-refractivity contribution < 1.29 is 0 Å². The highest BCUT2D eigenvalue weighted by Gasteiger charge is 2.22. The number of rotatable bonds is 0. The predicted molar refractivity (Wildman–Crippen MR) is 67.4 cm³/mol. The Morgan fingerprint density at radius 2 is 1.75 bits per heavy atom. The summed E-state index contributed by atoms with van der Waals surface area (Å²) in [5, 5.41) is 0. The molecule has 0 nitrogen and oxygen atoms in total. The molecule has 2 aromatic carbocycles. The van der Waals surface area contributed by atoms with Crippen molar-refractivity contribution in [3.8, 4) is 11.1 Å². The normalized spacial score (nSPS) is 14.8. The second-order valence-corrected chi connectivity index (χ2v) is 4.60. The van der Waals surface area contributed by atoms with E-state index in [0.717, 1.165) is 12.8 Å². The molecule has 0 heterocycles. The fraction of sp³-hybridized carbons (Fsp3) is 0.125. The van der Waals surface area contributed by atoms with E-state index in [1.807, 2.05) is 0 Å². The van der Waals surface area contributed by atoms with Gasteiger partial charge in [0.25, 0.3) is 0 Å². The van der Waals surface area contributed by atoms with Crippen molar-refractivity contribution in [2.45, 2.75) is 12.8 Å². The van der Waals surface area contributed by atoms with Gasteiger partial charge in [0, 0.05) is 0 Å². The lowest BCUT2D eigenvalue weighted by molar-refractivity contribution is 1.22. The third kappa shape index (κ3) is 0.943. The van der Waals surface area contributed by atoms with Gasteiger partial charge in [0.05, 0.1) is 0 Å². The van der Waals surface area contributed by atoms with Crippen molar-refractivity contribution in [1.82, 2.24) is 0 Å². The van der Waals surface area contributed by atoms with Crippen LogP contribution in [0.2, 0.25) is 0 Å². The van der Waals surface area contributed by atoms with E-state index in [4.69, 9.17) is 0 Å². The van der Waals surface area contributed by atoms with Gasteiger partial charge in [-0.25, -0.2) is 0 Å². The van der Waals surface area contributed by atoms with Crippen molar-refractivity contribution in [2.24, 2.45) is 0 Å². The van der Waals surface area contributed by atoms with Gasteiger partial charge >= 0.3 is 0 Å². The number of hydrogen-bond donors (Lipinski definition) is 0. The fourth-order valence-corrected chi connectivity index (χ4v) is 2.97. The molecule has 0 amide bonds. The molecule has 0 aromatic heterocycles. The summed E-state index contributed by atoms with van der Waals surface area (Å²) < 4.78 is 0. The molecule has 2 aliphatic rings. The molecule has 16 heavy (non-hydrogen) atoms. The molecular weight excluding hydrogens is 192 g/mol. The minimum absolute atomic E-state index is 1.11. The van der Waals surface area contributed by atoms with Crippen molar-refractivity contribution in [3.05, 3.63) is 64.7 Å². The van der Waals surface area contributed by atoms with Crippen molar-refractivity contribution in [3.63, 3.8) is 0 Å². The highest BCUT2D eigenvalue weighted by Crippen LogP contribution is 2.40. The third-order valence-corrected chi connectivity index (χ3v) is 3.74. The molecule has 0 N–H and O–H groups in total. The van der Waals surface area contributed by atoms with Crippen LogP contribution in [0.1, 0.15) is 22.3 Å². The summed E-state index contributed by atoms with van der Waals surface area (Å²) in [6.45, 7) is 0. The fourth-order valence-electron chi connectivity index (χ4n) is 2.97. The predicted octanol–water partition coefficient (Wildman–Crippen LogP) is 3.83. The minimum atomic E-state index is 1.11. The van der Waals surface area contributed by atoms with Gasteiger partial charge in [0.15, 0.2) is 0 Å². The van der Waals surface area contributed by atoms with E-state index in [2.05, 4.69) is 48.6 Å². The van der Waals surface area contributed by atoms with Crippen LogP contribution < -0.4 is 0 Å². The first-order chi connectivity index (χ1) is 7.93. The summed E-state index contributed by atoms with van der Waals surface area (Å²) in [5.41, 5.74) is 8.86. The Kier molecular flexibility index (Phi) is 1.49. The Morgan fingerprint density at radius 1 is 0.812 bits per heavy atom. The summed E-state index contributed by atoms with van der Waals surface area (Å²) in [7, 11) is 0. The second-order valence-electron chi connectivity index (χ2n) is 4.60. The van der Waals surface area contributed by atoms with Gasteiger partial charge in [-0.05, 0) is 46.2 Å². The minimum Gasteiger partial charge on any atom is -0.0795 e. The van der Waals surface area contributed by atoms with Gasteiger partial charge in [-0.3, -0.25) is 0 Å². The second kappa shape index (κ2) is 2.85. The van der Waals surface area contributed by atoms with E-state index in [0.29, 0.717) is 0 Å². The third-order valence-electron chi connectivity index (χ3n) is 3.74. The number of fused-ring (bicyclic) bond motifs is 5. The van der Waals surface area contributed by atoms with E-state index in [-0.39, 0.29) is 0 Å². The average Bonchev–Trinajstić information content (AvgIpc) is 2.92. The van der Waals surface area contributed by atoms with Gasteiger partial charge in [-0.15, -0.1) is 0 Å². The smallest absolute Gasteiger partial charge is 0.000740 e. The summed E-state index contributed by atoms with van der Waals surface area (Å²) in [6.07, 6.45) is 6.78. The summed E-state index contributed by atoms with van der Waals surface area (Å²) >= 11 is 0. The van der Waals surface area contributed by atoms with Crippen molar-refractivity contribution in [1.29, 1.82) is 0 Å². The van der Waals surface area contributed by atoms with Crippen LogP contribution in [0.5, 0.6) is 0 Å². The van der Waals surface area contributed by atoms with Crippen LogP contribution in [-0.4, -0.2) is 0 Å². The maximum atomic E-state index is 2.30. The average molecular weight is 204 g/mol. The first kappa shape index (κ1) is 8.35. The van der Waals surface area contributed by atoms with E-state index in [9.17, 15) is 0 Å². The van der Waals surface area contributed by atoms with Crippen LogP contribution in [-0.2, 0) is 12.8 Å². The molecule has 0 saturated carbocycles. The monoisotopic (exact) mass is 204 g/mol. The molecule has 0 saturated heterocycles. The summed E-state index contributed by atoms with van der Waals surface area (Å²) in [6, 6.07) is 13.4. The van der Waals surface area contributed by atoms with Crippen LogP contribution in [0, 0.1) is 0 Å². The molecule has 0 spiro atoms. The maximum Gasteiger partial charge on any atom is -0.000740 e. The lowest BCUT2D eigenvalue weighted by Crippen LogP contribution is -1.89. The highest BCUT2D eigenvalue weighted by molar-refractivity contribution is 5.82. The molecular formula is C16H12. The molecule has 0 fully saturated rings. The molecule has 0 bridgehead atoms. The molecule has 0 atom stereocenters. The van der Waals surface area contributed by atoms with E-state index in [1.165, 1.54) is 33.4 Å². The van der Waals surface area contributed by atoms with E-state index >= 15 is 0 Å². The molecule has 76 valence electrons. The quantitative estimate of drug-likeness (QED) is 0.522. The Bertz CT molecular complexity index is 618. The van der Waals surface area contributed by atoms with Gasteiger partial charge in [-0.1, -0.05) is 48.6 Å². The Balaban J connectivity index is 2.05. The number of allylic oxidation sites excluding steroid dienone is 1. The Labute approximate surface area is 95.2 Å². The Hall–Kier alpha value is -1.82. The molecule has 0 heteroatoms. The van der Waals surface area contributed by atoms with E-state index in [1.54, 1.807) is 0 Å². The molecule has 2 aromatic rings. The van der Waals surface area contributed by atoms with Crippen LogP contribution in [0.4, 0.5) is 0 Å². The zero-order valence-electron chi connectivity index (χ0n) is 9.03. The summed E-state index contributed by atoms with van der Waals surface area (Å²) in [4.78, 5) is 0. The largest absolute Gasteiger partial charge is 0.0795 e. The van der Waals surface area contributed by atoms with Crippen LogP contribution in [0.3, 0.4) is 0 Å². The van der Waals surface area contributed by atoms with Crippen LogP contribution >= 0.6 is 0 Å². The molecule has 0 radical (unpaired) electrons. The Morgan fingerprint density at radius 3 is 2.75 bits per heavy atom. The lowest BCUT2D eigenvalue weighted by atomic mass is 9.98. The molecule has 0 aliphatic heterocycles. The number of benzene rings is 2.